The first-order valence-corrected chi connectivity index (χ1v) is 7.78. The lowest BCUT2D eigenvalue weighted by Gasteiger charge is -2.07. The number of hydrogen-bond acceptors (Lipinski definition) is 5. The first kappa shape index (κ1) is 16.6. The number of nitrogens with zero attached hydrogens (tertiary/aromatic N) is 3. The van der Waals surface area contributed by atoms with Crippen LogP contribution in [0.1, 0.15) is 39.0 Å². The second kappa shape index (κ2) is 6.72. The van der Waals surface area contributed by atoms with Crippen LogP contribution in [0.25, 0.3) is 5.69 Å². The lowest BCUT2D eigenvalue weighted by atomic mass is 10.1. The van der Waals surface area contributed by atoms with Gasteiger partial charge in [-0.3, -0.25) is 9.59 Å². The van der Waals surface area contributed by atoms with Gasteiger partial charge in [-0.05, 0) is 50.6 Å². The fourth-order valence-corrected chi connectivity index (χ4v) is 2.81. The summed E-state index contributed by atoms with van der Waals surface area (Å²) in [6.45, 7) is 4.93. The number of nitrogens with one attached hydrogen (secondary N) is 1. The minimum Gasteiger partial charge on any atom is -0.485 e. The third-order valence-corrected chi connectivity index (χ3v) is 3.96. The van der Waals surface area contributed by atoms with E-state index in [9.17, 15) is 9.59 Å². The number of H-pyrrole nitrogens is 1. The summed E-state index contributed by atoms with van der Waals surface area (Å²) in [6, 6.07) is 7.18. The Bertz CT molecular complexity index is 909. The monoisotopic (exact) mass is 338 g/mol. The SMILES string of the molecule is CC(=O)c1c(C)[nH]c(C(=O)COc2ccc(-n3cncn3)cc2)c1C. The Balaban J connectivity index is 1.68. The summed E-state index contributed by atoms with van der Waals surface area (Å²) in [5.41, 5.74) is 3.20. The Hall–Kier alpha value is -3.22. The molecule has 0 saturated carbocycles. The van der Waals surface area contributed by atoms with Gasteiger partial charge in [-0.15, -0.1) is 0 Å². The van der Waals surface area contributed by atoms with Crippen LogP contribution in [-0.4, -0.2) is 37.9 Å². The van der Waals surface area contributed by atoms with Gasteiger partial charge in [-0.25, -0.2) is 9.67 Å². The van der Waals surface area contributed by atoms with Gasteiger partial charge in [0.2, 0.25) is 5.78 Å². The molecule has 0 atom stereocenters. The van der Waals surface area contributed by atoms with E-state index in [1.807, 2.05) is 12.1 Å². The van der Waals surface area contributed by atoms with Crippen LogP contribution in [0.2, 0.25) is 0 Å². The number of benzene rings is 1. The van der Waals surface area contributed by atoms with E-state index in [-0.39, 0.29) is 18.2 Å². The van der Waals surface area contributed by atoms with E-state index in [4.69, 9.17) is 4.74 Å². The van der Waals surface area contributed by atoms with Crippen molar-refractivity contribution in [3.8, 4) is 11.4 Å². The van der Waals surface area contributed by atoms with E-state index in [0.29, 0.717) is 28.3 Å². The molecule has 128 valence electrons. The van der Waals surface area contributed by atoms with Gasteiger partial charge in [0.15, 0.2) is 12.4 Å². The molecule has 0 aliphatic heterocycles. The second-order valence-electron chi connectivity index (χ2n) is 5.73. The van der Waals surface area contributed by atoms with Crippen molar-refractivity contribution in [2.24, 2.45) is 0 Å². The molecule has 0 saturated heterocycles. The van der Waals surface area contributed by atoms with Crippen molar-refractivity contribution < 1.29 is 14.3 Å². The molecular weight excluding hydrogens is 320 g/mol. The van der Waals surface area contributed by atoms with Crippen LogP contribution in [0.15, 0.2) is 36.9 Å². The molecule has 3 rings (SSSR count). The van der Waals surface area contributed by atoms with Gasteiger partial charge in [-0.1, -0.05) is 0 Å². The summed E-state index contributed by atoms with van der Waals surface area (Å²) in [6.07, 6.45) is 3.06. The summed E-state index contributed by atoms with van der Waals surface area (Å²) in [5, 5.41) is 4.04. The minimum atomic E-state index is -0.201. The molecule has 1 aromatic carbocycles. The highest BCUT2D eigenvalue weighted by Crippen LogP contribution is 2.20. The smallest absolute Gasteiger partial charge is 0.216 e. The maximum atomic E-state index is 12.4. The highest BCUT2D eigenvalue weighted by Gasteiger charge is 2.20. The van der Waals surface area contributed by atoms with E-state index in [1.165, 1.54) is 13.3 Å². The summed E-state index contributed by atoms with van der Waals surface area (Å²) < 4.78 is 7.19. The fourth-order valence-electron chi connectivity index (χ4n) is 2.81. The molecule has 0 fully saturated rings. The third-order valence-electron chi connectivity index (χ3n) is 3.96. The zero-order chi connectivity index (χ0) is 18.0. The summed E-state index contributed by atoms with van der Waals surface area (Å²) in [4.78, 5) is 30.9. The van der Waals surface area contributed by atoms with Gasteiger partial charge < -0.3 is 9.72 Å². The molecular formula is C18H18N4O3. The molecule has 0 spiro atoms. The van der Waals surface area contributed by atoms with Crippen LogP contribution in [0.5, 0.6) is 5.75 Å². The van der Waals surface area contributed by atoms with Crippen LogP contribution in [-0.2, 0) is 0 Å². The normalized spacial score (nSPS) is 10.7. The van der Waals surface area contributed by atoms with Crippen molar-refractivity contribution in [3.05, 3.63) is 59.4 Å². The van der Waals surface area contributed by atoms with E-state index in [2.05, 4.69) is 15.1 Å². The molecule has 0 amide bonds. The number of aryl methyl sites for hydroxylation is 1. The molecule has 25 heavy (non-hydrogen) atoms. The highest BCUT2D eigenvalue weighted by atomic mass is 16.5. The van der Waals surface area contributed by atoms with Gasteiger partial charge in [0, 0.05) is 11.3 Å². The number of ether oxygens (including phenoxy) is 1. The van der Waals surface area contributed by atoms with Crippen molar-refractivity contribution in [1.82, 2.24) is 19.7 Å². The summed E-state index contributed by atoms with van der Waals surface area (Å²) in [5.74, 6) is 0.313. The first-order chi connectivity index (χ1) is 12.0. The molecule has 0 bridgehead atoms. The Morgan fingerprint density at radius 3 is 2.48 bits per heavy atom. The maximum Gasteiger partial charge on any atom is 0.216 e. The molecule has 7 nitrogen and oxygen atoms in total. The molecule has 3 aromatic rings. The van der Waals surface area contributed by atoms with Crippen LogP contribution < -0.4 is 4.74 Å². The van der Waals surface area contributed by atoms with E-state index in [0.717, 1.165) is 5.69 Å². The van der Waals surface area contributed by atoms with Crippen molar-refractivity contribution in [1.29, 1.82) is 0 Å². The van der Waals surface area contributed by atoms with Crippen molar-refractivity contribution in [2.75, 3.05) is 6.61 Å². The van der Waals surface area contributed by atoms with Crippen LogP contribution in [0.3, 0.4) is 0 Å². The van der Waals surface area contributed by atoms with E-state index >= 15 is 0 Å². The van der Waals surface area contributed by atoms with Gasteiger partial charge >= 0.3 is 0 Å². The van der Waals surface area contributed by atoms with Gasteiger partial charge in [0.1, 0.15) is 18.4 Å². The lowest BCUT2D eigenvalue weighted by molar-refractivity contribution is 0.0916. The van der Waals surface area contributed by atoms with Gasteiger partial charge in [0.05, 0.1) is 11.4 Å². The average Bonchev–Trinajstić information content (AvgIpc) is 3.21. The number of hydrogen-bond donors (Lipinski definition) is 1. The largest absolute Gasteiger partial charge is 0.485 e. The molecule has 2 heterocycles. The van der Waals surface area contributed by atoms with Crippen LogP contribution in [0.4, 0.5) is 0 Å². The topological polar surface area (TPSA) is 89.9 Å². The number of aromatic nitrogens is 4. The molecule has 2 aromatic heterocycles. The number of carbonyl (C=O) groups is 2. The number of carbonyl (C=O) groups excluding carboxylic acids is 2. The van der Waals surface area contributed by atoms with Gasteiger partial charge in [-0.2, -0.15) is 5.10 Å². The molecule has 0 aliphatic carbocycles. The number of ketones is 2. The predicted octanol–water partition coefficient (Wildman–Crippen LogP) is 2.68. The number of aromatic amines is 1. The van der Waals surface area contributed by atoms with Crippen molar-refractivity contribution in [2.45, 2.75) is 20.8 Å². The van der Waals surface area contributed by atoms with E-state index < -0.39 is 0 Å². The summed E-state index contributed by atoms with van der Waals surface area (Å²) >= 11 is 0. The van der Waals surface area contributed by atoms with Gasteiger partial charge in [0.25, 0.3) is 0 Å². The van der Waals surface area contributed by atoms with E-state index in [1.54, 1.807) is 37.0 Å². The predicted molar refractivity (Wildman–Crippen MR) is 91.5 cm³/mol. The number of Topliss-reactive ketones (excluding diaryl/α,β-unsaturated/α-hetero) is 2. The quantitative estimate of drug-likeness (QED) is 0.698. The molecule has 0 unspecified atom stereocenters. The zero-order valence-electron chi connectivity index (χ0n) is 14.2. The van der Waals surface area contributed by atoms with Crippen LogP contribution in [0, 0.1) is 13.8 Å². The Morgan fingerprint density at radius 1 is 1.20 bits per heavy atom. The Kier molecular flexibility index (Phi) is 4.47. The Morgan fingerprint density at radius 2 is 1.92 bits per heavy atom. The molecule has 0 aliphatic rings. The maximum absolute atomic E-state index is 12.4. The third kappa shape index (κ3) is 3.35. The highest BCUT2D eigenvalue weighted by molar-refractivity contribution is 6.03. The Labute approximate surface area is 144 Å². The molecule has 1 N–H and O–H groups in total. The standard InChI is InChI=1S/C18H18N4O3/c1-11-17(13(3)23)12(2)21-18(11)16(24)8-25-15-6-4-14(5-7-15)22-10-19-9-20-22/h4-7,9-10,21H,8H2,1-3H3. The lowest BCUT2D eigenvalue weighted by Crippen LogP contribution is -2.13. The van der Waals surface area contributed by atoms with Crippen molar-refractivity contribution >= 4 is 11.6 Å². The zero-order valence-corrected chi connectivity index (χ0v) is 14.2. The number of rotatable bonds is 6. The van der Waals surface area contributed by atoms with Crippen LogP contribution >= 0.6 is 0 Å². The van der Waals surface area contributed by atoms with Crippen molar-refractivity contribution in [3.63, 3.8) is 0 Å². The second-order valence-corrected chi connectivity index (χ2v) is 5.73. The molecule has 7 heteroatoms. The summed E-state index contributed by atoms with van der Waals surface area (Å²) in [7, 11) is 0. The fraction of sp³-hybridized carbons (Fsp3) is 0.222. The average molecular weight is 338 g/mol. The first-order valence-electron chi connectivity index (χ1n) is 7.78. The minimum absolute atomic E-state index is 0.0603. The molecule has 0 radical (unpaired) electrons.